The second kappa shape index (κ2) is 5.78. The molecule has 0 unspecified atom stereocenters. The van der Waals surface area contributed by atoms with Crippen molar-refractivity contribution in [3.8, 4) is 0 Å². The largest absolute Gasteiger partial charge is 0.343 e. The quantitative estimate of drug-likeness (QED) is 0.900. The number of benzene rings is 1. The lowest BCUT2D eigenvalue weighted by molar-refractivity contribution is -0.132. The van der Waals surface area contributed by atoms with Crippen LogP contribution in [0.25, 0.3) is 6.08 Å². The average molecular weight is 324 g/mol. The number of rotatable bonds is 3. The first-order chi connectivity index (χ1) is 11.7. The fourth-order valence-corrected chi connectivity index (χ4v) is 3.83. The van der Waals surface area contributed by atoms with E-state index >= 15 is 0 Å². The van der Waals surface area contributed by atoms with Gasteiger partial charge in [-0.05, 0) is 24.0 Å². The first-order valence-corrected chi connectivity index (χ1v) is 8.36. The summed E-state index contributed by atoms with van der Waals surface area (Å²) in [5, 5.41) is 6.16. The van der Waals surface area contributed by atoms with E-state index in [0.717, 1.165) is 25.9 Å². The topological polar surface area (TPSA) is 81.8 Å². The molecule has 6 nitrogen and oxygen atoms in total. The van der Waals surface area contributed by atoms with E-state index in [0.29, 0.717) is 18.7 Å². The van der Waals surface area contributed by atoms with Gasteiger partial charge in [-0.1, -0.05) is 36.4 Å². The molecule has 6 heteroatoms. The summed E-state index contributed by atoms with van der Waals surface area (Å²) in [4.78, 5) is 27.9. The van der Waals surface area contributed by atoms with Crippen LogP contribution in [0.2, 0.25) is 0 Å². The highest BCUT2D eigenvalue weighted by molar-refractivity contribution is 5.76. The number of hydrogen-bond acceptors (Lipinski definition) is 3. The Balaban J connectivity index is 1.37. The number of aromatic amines is 2. The Hall–Kier alpha value is -2.63. The number of aryl methyl sites for hydroxylation is 1. The maximum absolute atomic E-state index is 12.4. The molecule has 2 N–H and O–H groups in total. The number of fused-ring (bicyclic) bond motifs is 2. The van der Waals surface area contributed by atoms with Crippen LogP contribution < -0.4 is 5.69 Å². The Bertz CT molecular complexity index is 840. The van der Waals surface area contributed by atoms with Crippen molar-refractivity contribution in [2.75, 3.05) is 13.1 Å². The third kappa shape index (κ3) is 2.58. The minimum Gasteiger partial charge on any atom is -0.343 e. The van der Waals surface area contributed by atoms with E-state index in [2.05, 4.69) is 51.6 Å². The van der Waals surface area contributed by atoms with Gasteiger partial charge in [0.1, 0.15) is 5.82 Å². The molecule has 1 amide bonds. The highest BCUT2D eigenvalue weighted by atomic mass is 16.2. The molecular formula is C18H20N4O2. The Morgan fingerprint density at radius 3 is 2.79 bits per heavy atom. The summed E-state index contributed by atoms with van der Waals surface area (Å²) < 4.78 is 0. The minimum absolute atomic E-state index is 0.0980. The molecule has 4 rings (SSSR count). The van der Waals surface area contributed by atoms with Crippen molar-refractivity contribution < 1.29 is 4.79 Å². The second-order valence-electron chi connectivity index (χ2n) is 6.58. The SMILES string of the molecule is O=C(CCc1n[nH]c(=O)[nH]1)N1CCC2(C=Cc3ccccc32)CC1. The zero-order valence-corrected chi connectivity index (χ0v) is 13.4. The van der Waals surface area contributed by atoms with Crippen molar-refractivity contribution in [2.24, 2.45) is 0 Å². The van der Waals surface area contributed by atoms with Crippen molar-refractivity contribution in [3.63, 3.8) is 0 Å². The molecule has 1 aromatic heterocycles. The second-order valence-corrected chi connectivity index (χ2v) is 6.58. The van der Waals surface area contributed by atoms with E-state index in [4.69, 9.17) is 0 Å². The predicted octanol–water partition coefficient (Wildman–Crippen LogP) is 1.62. The molecule has 2 aromatic rings. The molecule has 1 aliphatic heterocycles. The average Bonchev–Trinajstić information content (AvgIpc) is 3.18. The van der Waals surface area contributed by atoms with Gasteiger partial charge in [-0.25, -0.2) is 9.89 Å². The highest BCUT2D eigenvalue weighted by Crippen LogP contribution is 2.43. The number of hydrogen-bond donors (Lipinski definition) is 2. The summed E-state index contributed by atoms with van der Waals surface area (Å²) in [5.74, 6) is 0.665. The van der Waals surface area contributed by atoms with Gasteiger partial charge in [0.2, 0.25) is 5.91 Å². The minimum atomic E-state index is -0.330. The van der Waals surface area contributed by atoms with Gasteiger partial charge in [0.25, 0.3) is 0 Å². The first kappa shape index (κ1) is 14.9. The lowest BCUT2D eigenvalue weighted by atomic mass is 9.74. The molecule has 24 heavy (non-hydrogen) atoms. The number of carbonyl (C=O) groups is 1. The number of H-pyrrole nitrogens is 2. The van der Waals surface area contributed by atoms with Gasteiger partial charge in [-0.3, -0.25) is 9.78 Å². The van der Waals surface area contributed by atoms with Gasteiger partial charge in [-0.2, -0.15) is 5.10 Å². The summed E-state index contributed by atoms with van der Waals surface area (Å²) in [7, 11) is 0. The van der Waals surface area contributed by atoms with Crippen molar-refractivity contribution >= 4 is 12.0 Å². The number of likely N-dealkylation sites (tertiary alicyclic amines) is 1. The third-order valence-electron chi connectivity index (χ3n) is 5.21. The summed E-state index contributed by atoms with van der Waals surface area (Å²) in [6.45, 7) is 1.54. The van der Waals surface area contributed by atoms with Crippen LogP contribution in [0.4, 0.5) is 0 Å². The van der Waals surface area contributed by atoms with Gasteiger partial charge in [0.15, 0.2) is 0 Å². The maximum Gasteiger partial charge on any atom is 0.340 e. The molecule has 0 saturated carbocycles. The number of aromatic nitrogens is 3. The van der Waals surface area contributed by atoms with E-state index < -0.39 is 0 Å². The number of amides is 1. The van der Waals surface area contributed by atoms with Crippen LogP contribution in [0, 0.1) is 0 Å². The van der Waals surface area contributed by atoms with Crippen LogP contribution in [0.5, 0.6) is 0 Å². The maximum atomic E-state index is 12.4. The van der Waals surface area contributed by atoms with Crippen LogP contribution in [0.1, 0.15) is 36.2 Å². The van der Waals surface area contributed by atoms with E-state index in [1.165, 1.54) is 11.1 Å². The smallest absolute Gasteiger partial charge is 0.340 e. The monoisotopic (exact) mass is 324 g/mol. The van der Waals surface area contributed by atoms with Crippen LogP contribution in [0.3, 0.4) is 0 Å². The molecule has 1 aromatic carbocycles. The van der Waals surface area contributed by atoms with Crippen molar-refractivity contribution in [2.45, 2.75) is 31.1 Å². The van der Waals surface area contributed by atoms with E-state index in [9.17, 15) is 9.59 Å². The molecule has 0 radical (unpaired) electrons. The standard InChI is InChI=1S/C18H20N4O2/c23-16(6-5-15-19-17(24)21-20-15)22-11-9-18(10-12-22)8-7-13-3-1-2-4-14(13)18/h1-4,7-8H,5-6,9-12H2,(H2,19,20,21,24). The van der Waals surface area contributed by atoms with Crippen molar-refractivity contribution in [3.05, 3.63) is 57.8 Å². The molecule has 0 bridgehead atoms. The number of carbonyl (C=O) groups excluding carboxylic acids is 1. The summed E-state index contributed by atoms with van der Waals surface area (Å²) in [6.07, 6.45) is 7.29. The molecular weight excluding hydrogens is 304 g/mol. The van der Waals surface area contributed by atoms with Crippen LogP contribution >= 0.6 is 0 Å². The van der Waals surface area contributed by atoms with Gasteiger partial charge < -0.3 is 4.90 Å². The molecule has 1 fully saturated rings. The lowest BCUT2D eigenvalue weighted by Gasteiger charge is -2.39. The number of piperidine rings is 1. The normalized spacial score (nSPS) is 18.1. The van der Waals surface area contributed by atoms with Gasteiger partial charge in [0.05, 0.1) is 0 Å². The van der Waals surface area contributed by atoms with Crippen LogP contribution in [-0.2, 0) is 16.6 Å². The fourth-order valence-electron chi connectivity index (χ4n) is 3.83. The zero-order chi connectivity index (χ0) is 16.6. The Labute approximate surface area is 139 Å². The van der Waals surface area contributed by atoms with E-state index in [-0.39, 0.29) is 17.0 Å². The molecule has 1 saturated heterocycles. The lowest BCUT2D eigenvalue weighted by Crippen LogP contribution is -2.44. The van der Waals surface area contributed by atoms with Crippen molar-refractivity contribution in [1.82, 2.24) is 20.1 Å². The third-order valence-corrected chi connectivity index (χ3v) is 5.21. The zero-order valence-electron chi connectivity index (χ0n) is 13.4. The molecule has 2 aliphatic rings. The van der Waals surface area contributed by atoms with Crippen LogP contribution in [0.15, 0.2) is 35.1 Å². The fraction of sp³-hybridized carbons (Fsp3) is 0.389. The molecule has 124 valence electrons. The number of nitrogens with zero attached hydrogens (tertiary/aromatic N) is 2. The molecule has 2 heterocycles. The van der Waals surface area contributed by atoms with Crippen LogP contribution in [-0.4, -0.2) is 39.1 Å². The summed E-state index contributed by atoms with van der Waals surface area (Å²) in [5.41, 5.74) is 2.47. The summed E-state index contributed by atoms with van der Waals surface area (Å²) >= 11 is 0. The van der Waals surface area contributed by atoms with E-state index in [1.807, 2.05) is 4.90 Å². The number of allylic oxidation sites excluding steroid dienone is 1. The Kier molecular flexibility index (Phi) is 3.59. The number of nitrogens with one attached hydrogen (secondary N) is 2. The Morgan fingerprint density at radius 1 is 1.25 bits per heavy atom. The van der Waals surface area contributed by atoms with Gasteiger partial charge >= 0.3 is 5.69 Å². The molecule has 1 aliphatic carbocycles. The predicted molar refractivity (Wildman–Crippen MR) is 90.5 cm³/mol. The summed E-state index contributed by atoms with van der Waals surface area (Å²) in [6, 6.07) is 8.53. The highest BCUT2D eigenvalue weighted by Gasteiger charge is 2.38. The Morgan fingerprint density at radius 2 is 2.04 bits per heavy atom. The first-order valence-electron chi connectivity index (χ1n) is 8.36. The molecule has 0 atom stereocenters. The van der Waals surface area contributed by atoms with E-state index in [1.54, 1.807) is 0 Å². The van der Waals surface area contributed by atoms with Crippen molar-refractivity contribution in [1.29, 1.82) is 0 Å². The van der Waals surface area contributed by atoms with Gasteiger partial charge in [-0.15, -0.1) is 0 Å². The molecule has 1 spiro atoms. The van der Waals surface area contributed by atoms with Gasteiger partial charge in [0, 0.05) is 31.3 Å².